The largest absolute Gasteiger partial charge is 0.493 e. The molecule has 0 amide bonds. The number of carbonyl (C=O) groups is 1. The molecule has 1 N–H and O–H groups in total. The van der Waals surface area contributed by atoms with Gasteiger partial charge in [0.25, 0.3) is 0 Å². The van der Waals surface area contributed by atoms with E-state index >= 15 is 0 Å². The van der Waals surface area contributed by atoms with Crippen molar-refractivity contribution >= 4 is 23.1 Å². The number of halogens is 2. The van der Waals surface area contributed by atoms with Gasteiger partial charge >= 0.3 is 5.97 Å². The normalized spacial score (nSPS) is 15.9. The van der Waals surface area contributed by atoms with Gasteiger partial charge in [0.2, 0.25) is 12.0 Å². The predicted molar refractivity (Wildman–Crippen MR) is 193 cm³/mol. The van der Waals surface area contributed by atoms with Gasteiger partial charge in [-0.3, -0.25) is 4.90 Å². The molecule has 2 aliphatic rings. The average Bonchev–Trinajstić information content (AvgIpc) is 3.88. The van der Waals surface area contributed by atoms with Crippen LogP contribution in [0.2, 0.25) is 5.02 Å². The molecule has 5 aromatic rings. The molecule has 1 aliphatic heterocycles. The van der Waals surface area contributed by atoms with Crippen molar-refractivity contribution in [1.29, 1.82) is 0 Å². The molecule has 1 atom stereocenters. The van der Waals surface area contributed by atoms with Crippen LogP contribution in [0.5, 0.6) is 17.4 Å². The molecule has 51 heavy (non-hydrogen) atoms. The monoisotopic (exact) mass is 713 g/mol. The molecule has 12 heteroatoms. The average molecular weight is 714 g/mol. The van der Waals surface area contributed by atoms with Crippen LogP contribution in [0, 0.1) is 18.7 Å². The number of rotatable bonds is 14. The van der Waals surface area contributed by atoms with Gasteiger partial charge in [-0.1, -0.05) is 48.0 Å². The summed E-state index contributed by atoms with van der Waals surface area (Å²) >= 11 is 6.99. The standard InChI is InChI=1S/C39H41ClFN5O5/c1-25-30(13-14-33(36(25)40)49-20-19-45-17-15-44(2)16-18-45)35-31(27-9-11-29(41)12-10-27)22-46-37(35)38(42-24-43-46)51-34(39(47)48)21-28-5-3-4-6-32(28)50-23-26-7-8-26/h3-6,9-14,22,24,26,34H,7-8,15-21,23H2,1-2H3,(H,47,48)/t34-/m1/s1. The van der Waals surface area contributed by atoms with Gasteiger partial charge in [0, 0.05) is 56.5 Å². The summed E-state index contributed by atoms with van der Waals surface area (Å²) in [4.78, 5) is 21.8. The minimum atomic E-state index is -1.29. The summed E-state index contributed by atoms with van der Waals surface area (Å²) < 4.78 is 34.2. The van der Waals surface area contributed by atoms with Crippen molar-refractivity contribution in [3.63, 3.8) is 0 Å². The molecule has 1 aliphatic carbocycles. The van der Waals surface area contributed by atoms with Crippen LogP contribution in [0.25, 0.3) is 27.8 Å². The van der Waals surface area contributed by atoms with Gasteiger partial charge in [0.1, 0.15) is 35.8 Å². The fourth-order valence-corrected chi connectivity index (χ4v) is 6.63. The molecule has 266 valence electrons. The number of ether oxygens (including phenoxy) is 3. The molecule has 3 heterocycles. The van der Waals surface area contributed by atoms with Crippen LogP contribution in [-0.2, 0) is 11.2 Å². The number of carboxylic acids is 1. The lowest BCUT2D eigenvalue weighted by molar-refractivity contribution is -0.145. The lowest BCUT2D eigenvalue weighted by Crippen LogP contribution is -2.45. The maximum atomic E-state index is 14.1. The van der Waals surface area contributed by atoms with Crippen LogP contribution in [-0.4, -0.2) is 94.6 Å². The Morgan fingerprint density at radius 3 is 2.51 bits per heavy atom. The highest BCUT2D eigenvalue weighted by atomic mass is 35.5. The van der Waals surface area contributed by atoms with Gasteiger partial charge in [-0.25, -0.2) is 13.7 Å². The summed E-state index contributed by atoms with van der Waals surface area (Å²) in [6, 6.07) is 17.4. The number of carboxylic acid groups (broad SMARTS) is 1. The van der Waals surface area contributed by atoms with E-state index in [4.69, 9.17) is 25.8 Å². The summed E-state index contributed by atoms with van der Waals surface area (Å²) in [5, 5.41) is 15.3. The molecule has 3 aromatic carbocycles. The number of para-hydroxylation sites is 1. The second-order valence-corrected chi connectivity index (χ2v) is 13.7. The van der Waals surface area contributed by atoms with Gasteiger partial charge in [-0.05, 0) is 79.3 Å². The lowest BCUT2D eigenvalue weighted by atomic mass is 9.94. The number of nitrogens with zero attached hydrogens (tertiary/aromatic N) is 5. The highest BCUT2D eigenvalue weighted by Crippen LogP contribution is 2.44. The Balaban J connectivity index is 1.23. The first-order chi connectivity index (χ1) is 24.7. The quantitative estimate of drug-likeness (QED) is 0.136. The predicted octanol–water partition coefficient (Wildman–Crippen LogP) is 6.65. The van der Waals surface area contributed by atoms with E-state index in [2.05, 4.69) is 26.9 Å². The van der Waals surface area contributed by atoms with E-state index < -0.39 is 12.1 Å². The molecule has 10 nitrogen and oxygen atoms in total. The summed E-state index contributed by atoms with van der Waals surface area (Å²) in [6.07, 6.45) is 4.18. The number of aromatic nitrogens is 3. The number of aliphatic carboxylic acids is 1. The fraction of sp³-hybridized carbons (Fsp3) is 0.359. The van der Waals surface area contributed by atoms with Crippen molar-refractivity contribution in [3.8, 4) is 39.6 Å². The minimum absolute atomic E-state index is 0.0538. The van der Waals surface area contributed by atoms with Crippen LogP contribution in [0.4, 0.5) is 4.39 Å². The van der Waals surface area contributed by atoms with Gasteiger partial charge in [-0.2, -0.15) is 10.1 Å². The third-order valence-corrected chi connectivity index (χ3v) is 10.1. The molecule has 0 unspecified atom stereocenters. The van der Waals surface area contributed by atoms with Crippen molar-refractivity contribution in [2.75, 3.05) is 53.0 Å². The topological polar surface area (TPSA) is 102 Å². The van der Waals surface area contributed by atoms with E-state index in [0.717, 1.165) is 67.8 Å². The Hall–Kier alpha value is -4.71. The molecule has 1 saturated carbocycles. The number of likely N-dealkylation sites (N-methyl/N-ethyl adjacent to an activating group) is 1. The van der Waals surface area contributed by atoms with Gasteiger partial charge in [-0.15, -0.1) is 0 Å². The lowest BCUT2D eigenvalue weighted by Gasteiger charge is -2.32. The molecule has 1 saturated heterocycles. The molecular weight excluding hydrogens is 673 g/mol. The van der Waals surface area contributed by atoms with Crippen molar-refractivity contribution < 1.29 is 28.5 Å². The summed E-state index contributed by atoms with van der Waals surface area (Å²) in [7, 11) is 2.13. The molecule has 7 rings (SSSR count). The van der Waals surface area contributed by atoms with Gasteiger partial charge in [0.05, 0.1) is 11.6 Å². The zero-order valence-electron chi connectivity index (χ0n) is 28.7. The molecule has 0 bridgehead atoms. The maximum absolute atomic E-state index is 14.1. The van der Waals surface area contributed by atoms with Crippen molar-refractivity contribution in [1.82, 2.24) is 24.4 Å². The highest BCUT2D eigenvalue weighted by Gasteiger charge is 2.28. The molecule has 2 fully saturated rings. The third-order valence-electron chi connectivity index (χ3n) is 9.66. The smallest absolute Gasteiger partial charge is 0.345 e. The third kappa shape index (κ3) is 7.96. The number of piperazine rings is 1. The Bertz CT molecular complexity index is 2010. The summed E-state index contributed by atoms with van der Waals surface area (Å²) in [6.45, 7) is 7.85. The second kappa shape index (κ2) is 15.3. The van der Waals surface area contributed by atoms with E-state index in [-0.39, 0.29) is 18.1 Å². The van der Waals surface area contributed by atoms with E-state index in [1.54, 1.807) is 22.8 Å². The first kappa shape index (κ1) is 34.7. The number of hydrogen-bond donors (Lipinski definition) is 1. The zero-order chi connectivity index (χ0) is 35.5. The van der Waals surface area contributed by atoms with Crippen LogP contribution in [0.15, 0.2) is 73.2 Å². The Kier molecular flexibility index (Phi) is 10.4. The van der Waals surface area contributed by atoms with Crippen LogP contribution in [0.3, 0.4) is 0 Å². The SMILES string of the molecule is Cc1c(-c2c(-c3ccc(F)cc3)cn3ncnc(O[C@H](Cc4ccccc4OCC4CC4)C(=O)O)c23)ccc(OCCN2CCN(C)CC2)c1Cl. The highest BCUT2D eigenvalue weighted by molar-refractivity contribution is 6.33. The Morgan fingerprint density at radius 1 is 1.00 bits per heavy atom. The molecule has 0 spiro atoms. The van der Waals surface area contributed by atoms with Crippen LogP contribution in [0.1, 0.15) is 24.0 Å². The second-order valence-electron chi connectivity index (χ2n) is 13.3. The van der Waals surface area contributed by atoms with Crippen molar-refractivity contribution in [3.05, 3.63) is 95.2 Å². The fourth-order valence-electron chi connectivity index (χ4n) is 6.41. The van der Waals surface area contributed by atoms with E-state index in [9.17, 15) is 14.3 Å². The van der Waals surface area contributed by atoms with E-state index in [1.807, 2.05) is 43.3 Å². The molecule has 0 radical (unpaired) electrons. The van der Waals surface area contributed by atoms with E-state index in [1.165, 1.54) is 18.5 Å². The number of benzene rings is 3. The molecular formula is C39H41ClFN5O5. The van der Waals surface area contributed by atoms with E-state index in [0.29, 0.717) is 52.3 Å². The van der Waals surface area contributed by atoms with Crippen LogP contribution >= 0.6 is 11.6 Å². The van der Waals surface area contributed by atoms with Gasteiger partial charge in [0.15, 0.2) is 0 Å². The van der Waals surface area contributed by atoms with Gasteiger partial charge < -0.3 is 24.2 Å². The van der Waals surface area contributed by atoms with Crippen LogP contribution < -0.4 is 14.2 Å². The Morgan fingerprint density at radius 2 is 1.76 bits per heavy atom. The first-order valence-corrected chi connectivity index (χ1v) is 17.7. The summed E-state index contributed by atoms with van der Waals surface area (Å²) in [5.41, 5.74) is 4.78. The maximum Gasteiger partial charge on any atom is 0.345 e. The molecule has 2 aromatic heterocycles. The van der Waals surface area contributed by atoms with Crippen molar-refractivity contribution in [2.24, 2.45) is 5.92 Å². The Labute approximate surface area is 301 Å². The zero-order valence-corrected chi connectivity index (χ0v) is 29.5. The first-order valence-electron chi connectivity index (χ1n) is 17.3. The number of hydrogen-bond acceptors (Lipinski definition) is 8. The minimum Gasteiger partial charge on any atom is -0.493 e. The summed E-state index contributed by atoms with van der Waals surface area (Å²) in [5.74, 6) is 0.330. The number of fused-ring (bicyclic) bond motifs is 1. The van der Waals surface area contributed by atoms with Crippen molar-refractivity contribution in [2.45, 2.75) is 32.3 Å².